The van der Waals surface area contributed by atoms with E-state index in [-0.39, 0.29) is 17.5 Å². The summed E-state index contributed by atoms with van der Waals surface area (Å²) in [4.78, 5) is 10.5. The van der Waals surface area contributed by atoms with E-state index in [0.29, 0.717) is 5.69 Å². The monoisotopic (exact) mass is 278 g/mol. The molecule has 0 saturated carbocycles. The lowest BCUT2D eigenvalue weighted by Gasteiger charge is -2.14. The first-order valence-electron chi connectivity index (χ1n) is 5.73. The van der Waals surface area contributed by atoms with E-state index in [1.54, 1.807) is 23.5 Å². The molecule has 1 heterocycles. The minimum atomic E-state index is -0.445. The molecule has 5 nitrogen and oxygen atoms in total. The number of ether oxygens (including phenoxy) is 1. The highest BCUT2D eigenvalue weighted by atomic mass is 32.1. The van der Waals surface area contributed by atoms with Gasteiger partial charge >= 0.3 is 5.69 Å². The van der Waals surface area contributed by atoms with Crippen molar-refractivity contribution < 1.29 is 9.66 Å². The fourth-order valence-electron chi connectivity index (χ4n) is 1.78. The molecule has 19 heavy (non-hydrogen) atoms. The van der Waals surface area contributed by atoms with Crippen molar-refractivity contribution in [3.05, 3.63) is 50.7 Å². The van der Waals surface area contributed by atoms with E-state index in [0.717, 1.165) is 5.56 Å². The van der Waals surface area contributed by atoms with Crippen molar-refractivity contribution in [2.75, 3.05) is 12.4 Å². The van der Waals surface area contributed by atoms with E-state index in [1.807, 2.05) is 18.4 Å². The summed E-state index contributed by atoms with van der Waals surface area (Å²) < 4.78 is 4.97. The zero-order valence-corrected chi connectivity index (χ0v) is 11.4. The van der Waals surface area contributed by atoms with E-state index in [2.05, 4.69) is 10.7 Å². The fourth-order valence-corrected chi connectivity index (χ4v) is 2.53. The molecule has 0 fully saturated rings. The van der Waals surface area contributed by atoms with Gasteiger partial charge < -0.3 is 10.1 Å². The molecule has 2 aromatic rings. The summed E-state index contributed by atoms with van der Waals surface area (Å²) in [7, 11) is 1.42. The molecule has 100 valence electrons. The van der Waals surface area contributed by atoms with E-state index in [1.165, 1.54) is 13.2 Å². The number of nitro benzene ring substituents is 1. The Morgan fingerprint density at radius 1 is 1.42 bits per heavy atom. The van der Waals surface area contributed by atoms with Crippen molar-refractivity contribution in [1.29, 1.82) is 0 Å². The van der Waals surface area contributed by atoms with Gasteiger partial charge in [-0.1, -0.05) is 0 Å². The van der Waals surface area contributed by atoms with Gasteiger partial charge in [0.2, 0.25) is 0 Å². The van der Waals surface area contributed by atoms with Crippen LogP contribution in [0.4, 0.5) is 11.4 Å². The third-order valence-electron chi connectivity index (χ3n) is 2.80. The molecule has 0 aliphatic rings. The van der Waals surface area contributed by atoms with Gasteiger partial charge in [-0.2, -0.15) is 11.3 Å². The van der Waals surface area contributed by atoms with E-state index in [9.17, 15) is 10.1 Å². The van der Waals surface area contributed by atoms with Crippen LogP contribution < -0.4 is 10.1 Å². The van der Waals surface area contributed by atoms with Gasteiger partial charge in [0.1, 0.15) is 0 Å². The lowest BCUT2D eigenvalue weighted by atomic mass is 10.1. The van der Waals surface area contributed by atoms with Crippen LogP contribution in [0.1, 0.15) is 18.5 Å². The van der Waals surface area contributed by atoms with Crippen LogP contribution in [0.5, 0.6) is 5.75 Å². The van der Waals surface area contributed by atoms with Crippen LogP contribution in [0, 0.1) is 10.1 Å². The summed E-state index contributed by atoms with van der Waals surface area (Å²) in [5.41, 5.74) is 1.82. The Hall–Kier alpha value is -2.08. The Labute approximate surface area is 115 Å². The second kappa shape index (κ2) is 5.71. The number of nitro groups is 1. The Morgan fingerprint density at radius 2 is 2.21 bits per heavy atom. The van der Waals surface area contributed by atoms with Crippen molar-refractivity contribution in [1.82, 2.24) is 0 Å². The molecule has 1 N–H and O–H groups in total. The predicted octanol–water partition coefficient (Wildman–Crippen LogP) is 3.84. The molecule has 0 radical (unpaired) electrons. The number of hydrogen-bond donors (Lipinski definition) is 1. The molecule has 0 spiro atoms. The highest BCUT2D eigenvalue weighted by Crippen LogP contribution is 2.31. The van der Waals surface area contributed by atoms with Crippen molar-refractivity contribution >= 4 is 22.7 Å². The number of methoxy groups -OCH3 is 1. The number of thiophene rings is 1. The zero-order valence-electron chi connectivity index (χ0n) is 10.6. The summed E-state index contributed by atoms with van der Waals surface area (Å²) in [6, 6.07) is 6.98. The van der Waals surface area contributed by atoms with Crippen LogP contribution in [0.2, 0.25) is 0 Å². The smallest absolute Gasteiger partial charge is 0.312 e. The van der Waals surface area contributed by atoms with E-state index >= 15 is 0 Å². The molecule has 1 unspecified atom stereocenters. The maximum absolute atomic E-state index is 10.9. The number of anilines is 1. The minimum Gasteiger partial charge on any atom is -0.490 e. The molecular weight excluding hydrogens is 264 g/mol. The van der Waals surface area contributed by atoms with Gasteiger partial charge in [-0.3, -0.25) is 10.1 Å². The van der Waals surface area contributed by atoms with Crippen LogP contribution in [0.25, 0.3) is 0 Å². The SMILES string of the molecule is COc1ccc(NC(C)c2ccsc2)cc1[N+](=O)[O-]. The molecule has 0 aliphatic heterocycles. The van der Waals surface area contributed by atoms with E-state index in [4.69, 9.17) is 4.74 Å². The molecular formula is C13H14N2O3S. The summed E-state index contributed by atoms with van der Waals surface area (Å²) in [5, 5.41) is 18.2. The van der Waals surface area contributed by atoms with Gasteiger partial charge in [-0.15, -0.1) is 0 Å². The predicted molar refractivity (Wildman–Crippen MR) is 76.0 cm³/mol. The molecule has 0 amide bonds. The van der Waals surface area contributed by atoms with Crippen molar-refractivity contribution in [2.45, 2.75) is 13.0 Å². The summed E-state index contributed by atoms with van der Waals surface area (Å²) in [6.07, 6.45) is 0. The molecule has 1 aromatic carbocycles. The topological polar surface area (TPSA) is 64.4 Å². The molecule has 0 saturated heterocycles. The lowest BCUT2D eigenvalue weighted by Crippen LogP contribution is -2.06. The number of hydrogen-bond acceptors (Lipinski definition) is 5. The summed E-state index contributed by atoms with van der Waals surface area (Å²) in [5.74, 6) is 0.263. The second-order valence-corrected chi connectivity index (χ2v) is 4.85. The van der Waals surface area contributed by atoms with Gasteiger partial charge in [0, 0.05) is 17.8 Å². The normalized spacial score (nSPS) is 11.9. The number of nitrogens with one attached hydrogen (secondary N) is 1. The highest BCUT2D eigenvalue weighted by molar-refractivity contribution is 7.07. The first kappa shape index (κ1) is 13.4. The van der Waals surface area contributed by atoms with Crippen molar-refractivity contribution in [3.63, 3.8) is 0 Å². The largest absolute Gasteiger partial charge is 0.490 e. The van der Waals surface area contributed by atoms with Crippen LogP contribution in [-0.2, 0) is 0 Å². The molecule has 1 aromatic heterocycles. The number of rotatable bonds is 5. The third kappa shape index (κ3) is 3.03. The van der Waals surface area contributed by atoms with E-state index < -0.39 is 4.92 Å². The molecule has 6 heteroatoms. The highest BCUT2D eigenvalue weighted by Gasteiger charge is 2.16. The molecule has 0 bridgehead atoms. The minimum absolute atomic E-state index is 0.0370. The maximum Gasteiger partial charge on any atom is 0.312 e. The van der Waals surface area contributed by atoms with Crippen LogP contribution >= 0.6 is 11.3 Å². The van der Waals surface area contributed by atoms with Gasteiger partial charge in [0.25, 0.3) is 0 Å². The van der Waals surface area contributed by atoms with Crippen LogP contribution in [-0.4, -0.2) is 12.0 Å². The van der Waals surface area contributed by atoms with Crippen molar-refractivity contribution in [2.24, 2.45) is 0 Å². The van der Waals surface area contributed by atoms with Crippen LogP contribution in [0.3, 0.4) is 0 Å². The first-order valence-corrected chi connectivity index (χ1v) is 6.67. The maximum atomic E-state index is 10.9. The number of benzene rings is 1. The Kier molecular flexibility index (Phi) is 4.01. The van der Waals surface area contributed by atoms with Gasteiger partial charge in [-0.25, -0.2) is 0 Å². The van der Waals surface area contributed by atoms with Gasteiger partial charge in [0.05, 0.1) is 12.0 Å². The Morgan fingerprint density at radius 3 is 2.79 bits per heavy atom. The van der Waals surface area contributed by atoms with Crippen LogP contribution in [0.15, 0.2) is 35.0 Å². The average Bonchev–Trinajstić information content (AvgIpc) is 2.92. The number of nitrogens with zero attached hydrogens (tertiary/aromatic N) is 1. The molecule has 0 aliphatic carbocycles. The summed E-state index contributed by atoms with van der Waals surface area (Å²) >= 11 is 1.62. The third-order valence-corrected chi connectivity index (χ3v) is 3.50. The lowest BCUT2D eigenvalue weighted by molar-refractivity contribution is -0.385. The second-order valence-electron chi connectivity index (χ2n) is 4.07. The molecule has 2 rings (SSSR count). The first-order chi connectivity index (χ1) is 9.11. The molecule has 1 atom stereocenters. The Bertz CT molecular complexity index is 569. The average molecular weight is 278 g/mol. The van der Waals surface area contributed by atoms with Gasteiger partial charge in [0.15, 0.2) is 5.75 Å². The van der Waals surface area contributed by atoms with Gasteiger partial charge in [-0.05, 0) is 41.4 Å². The fraction of sp³-hybridized carbons (Fsp3) is 0.231. The standard InChI is InChI=1S/C13H14N2O3S/c1-9(10-5-6-19-8-10)14-11-3-4-13(18-2)12(7-11)15(16)17/h3-9,14H,1-2H3. The summed E-state index contributed by atoms with van der Waals surface area (Å²) in [6.45, 7) is 2.01. The quantitative estimate of drug-likeness (QED) is 0.666. The van der Waals surface area contributed by atoms with Crippen molar-refractivity contribution in [3.8, 4) is 5.75 Å². The Balaban J connectivity index is 2.21. The zero-order chi connectivity index (χ0) is 13.8.